The molecule has 1 N–H and O–H groups in total. The van der Waals surface area contributed by atoms with Gasteiger partial charge in [-0.05, 0) is 60.1 Å². The second kappa shape index (κ2) is 11.8. The number of hydrogen-bond donors (Lipinski definition) is 1. The highest BCUT2D eigenvalue weighted by atomic mass is 16.6. The molecule has 2 unspecified atom stereocenters. The van der Waals surface area contributed by atoms with Crippen molar-refractivity contribution >= 4 is 23.8 Å². The molecule has 36 heavy (non-hydrogen) atoms. The normalized spacial score (nSPS) is 13.2. The number of ketones is 1. The molecular formula is C28H35NO7. The Balaban J connectivity index is 2.11. The molecule has 0 aromatic heterocycles. The lowest BCUT2D eigenvalue weighted by Gasteiger charge is -2.26. The van der Waals surface area contributed by atoms with Gasteiger partial charge in [0.25, 0.3) is 0 Å². The Hall–Kier alpha value is -3.68. The van der Waals surface area contributed by atoms with Crippen molar-refractivity contribution in [3.8, 4) is 0 Å². The highest BCUT2D eigenvalue weighted by Crippen LogP contribution is 2.20. The minimum absolute atomic E-state index is 0.162. The second-order valence-corrected chi connectivity index (χ2v) is 10.4. The van der Waals surface area contributed by atoms with Crippen LogP contribution >= 0.6 is 0 Å². The quantitative estimate of drug-likeness (QED) is 0.317. The smallest absolute Gasteiger partial charge is 0.408 e. The monoisotopic (exact) mass is 497 g/mol. The fraction of sp³-hybridized carbons (Fsp3) is 0.429. The lowest BCUT2D eigenvalue weighted by atomic mass is 9.96. The van der Waals surface area contributed by atoms with Crippen LogP contribution in [0.4, 0.5) is 4.79 Å². The minimum Gasteiger partial charge on any atom is -0.462 e. The summed E-state index contributed by atoms with van der Waals surface area (Å²) in [5, 5.41) is 2.41. The van der Waals surface area contributed by atoms with E-state index in [1.165, 1.54) is 0 Å². The Morgan fingerprint density at radius 1 is 0.778 bits per heavy atom. The van der Waals surface area contributed by atoms with Gasteiger partial charge in [0.2, 0.25) is 0 Å². The van der Waals surface area contributed by atoms with E-state index in [-0.39, 0.29) is 5.78 Å². The maximum absolute atomic E-state index is 12.8. The molecule has 0 fully saturated rings. The molecule has 0 heterocycles. The maximum atomic E-state index is 12.8. The van der Waals surface area contributed by atoms with Gasteiger partial charge in [-0.15, -0.1) is 0 Å². The molecule has 0 radical (unpaired) electrons. The van der Waals surface area contributed by atoms with E-state index in [1.54, 1.807) is 97.0 Å². The molecule has 0 spiro atoms. The summed E-state index contributed by atoms with van der Waals surface area (Å²) in [5.74, 6) is -2.28. The number of carbonyl (C=O) groups excluding carboxylic acids is 4. The summed E-state index contributed by atoms with van der Waals surface area (Å²) in [6, 6.07) is 14.3. The third-order valence-electron chi connectivity index (χ3n) is 4.81. The maximum Gasteiger partial charge on any atom is 0.408 e. The third-order valence-corrected chi connectivity index (χ3v) is 4.81. The first-order valence-corrected chi connectivity index (χ1v) is 11.7. The Bertz CT molecular complexity index is 1080. The van der Waals surface area contributed by atoms with Crippen LogP contribution in [-0.4, -0.2) is 47.7 Å². The van der Waals surface area contributed by atoms with Gasteiger partial charge < -0.3 is 19.5 Å². The molecule has 2 atom stereocenters. The molecule has 0 bridgehead atoms. The van der Waals surface area contributed by atoms with Crippen molar-refractivity contribution in [1.29, 1.82) is 0 Å². The van der Waals surface area contributed by atoms with Crippen molar-refractivity contribution in [3.05, 3.63) is 71.3 Å². The SMILES string of the molecule is CC(C(=O)OCC(NC(=O)OC(C)(C)C)C(=O)OC(C)(C)C)c1cccc(C(=O)c2ccccc2)c1. The fourth-order valence-corrected chi connectivity index (χ4v) is 3.12. The largest absolute Gasteiger partial charge is 0.462 e. The summed E-state index contributed by atoms with van der Waals surface area (Å²) >= 11 is 0. The first-order valence-electron chi connectivity index (χ1n) is 11.7. The van der Waals surface area contributed by atoms with Gasteiger partial charge in [-0.25, -0.2) is 9.59 Å². The van der Waals surface area contributed by atoms with E-state index >= 15 is 0 Å². The molecule has 0 aliphatic rings. The number of amides is 1. The van der Waals surface area contributed by atoms with E-state index < -0.39 is 47.8 Å². The highest BCUT2D eigenvalue weighted by Gasteiger charge is 2.31. The van der Waals surface area contributed by atoms with E-state index in [0.717, 1.165) is 0 Å². The number of carbonyl (C=O) groups is 4. The summed E-state index contributed by atoms with van der Waals surface area (Å²) in [5.41, 5.74) is -0.0326. The van der Waals surface area contributed by atoms with Crippen molar-refractivity contribution < 1.29 is 33.4 Å². The number of hydrogen-bond acceptors (Lipinski definition) is 7. The summed E-state index contributed by atoms with van der Waals surface area (Å²) in [6.07, 6.45) is -0.838. The fourth-order valence-electron chi connectivity index (χ4n) is 3.12. The number of nitrogens with one attached hydrogen (secondary N) is 1. The molecule has 0 aliphatic heterocycles. The van der Waals surface area contributed by atoms with Crippen LogP contribution < -0.4 is 5.32 Å². The van der Waals surface area contributed by atoms with Gasteiger partial charge in [0.05, 0.1) is 5.92 Å². The van der Waals surface area contributed by atoms with Gasteiger partial charge in [0.1, 0.15) is 17.8 Å². The second-order valence-electron chi connectivity index (χ2n) is 10.4. The predicted molar refractivity (Wildman–Crippen MR) is 135 cm³/mol. The van der Waals surface area contributed by atoms with Crippen LogP contribution in [0.5, 0.6) is 0 Å². The van der Waals surface area contributed by atoms with Gasteiger partial charge >= 0.3 is 18.0 Å². The molecule has 0 saturated carbocycles. The zero-order valence-electron chi connectivity index (χ0n) is 21.9. The lowest BCUT2D eigenvalue weighted by Crippen LogP contribution is -2.48. The molecule has 0 saturated heterocycles. The molecule has 1 amide bonds. The van der Waals surface area contributed by atoms with Crippen LogP contribution in [0.3, 0.4) is 0 Å². The highest BCUT2D eigenvalue weighted by molar-refractivity contribution is 6.09. The Labute approximate surface area is 212 Å². The molecule has 2 aromatic rings. The van der Waals surface area contributed by atoms with Crippen LogP contribution in [0, 0.1) is 0 Å². The Morgan fingerprint density at radius 2 is 1.36 bits per heavy atom. The van der Waals surface area contributed by atoms with Gasteiger partial charge in [-0.1, -0.05) is 48.5 Å². The van der Waals surface area contributed by atoms with Crippen molar-refractivity contribution in [2.24, 2.45) is 0 Å². The Kier molecular flexibility index (Phi) is 9.39. The lowest BCUT2D eigenvalue weighted by molar-refractivity contribution is -0.161. The first kappa shape index (κ1) is 28.6. The molecule has 2 aromatic carbocycles. The summed E-state index contributed by atoms with van der Waals surface area (Å²) in [4.78, 5) is 50.5. The predicted octanol–water partition coefficient (Wildman–Crippen LogP) is 4.80. The van der Waals surface area contributed by atoms with Crippen molar-refractivity contribution in [3.63, 3.8) is 0 Å². The van der Waals surface area contributed by atoms with E-state index in [2.05, 4.69) is 5.32 Å². The number of ether oxygens (including phenoxy) is 3. The van der Waals surface area contributed by atoms with E-state index in [0.29, 0.717) is 16.7 Å². The van der Waals surface area contributed by atoms with Gasteiger partial charge in [0.15, 0.2) is 11.8 Å². The number of benzene rings is 2. The molecule has 8 nitrogen and oxygen atoms in total. The topological polar surface area (TPSA) is 108 Å². The zero-order valence-corrected chi connectivity index (χ0v) is 21.9. The number of alkyl carbamates (subject to hydrolysis) is 1. The zero-order chi connectivity index (χ0) is 27.1. The standard InChI is InChI=1S/C28H35NO7/c1-18(20-14-11-15-21(16-20)23(30)19-12-9-8-10-13-19)24(31)34-17-22(25(32)35-27(2,3)4)29-26(33)36-28(5,6)7/h8-16,18,22H,17H2,1-7H3,(H,29,33). The van der Waals surface area contributed by atoms with Crippen LogP contribution in [-0.2, 0) is 23.8 Å². The third kappa shape index (κ3) is 9.17. The number of esters is 2. The Morgan fingerprint density at radius 3 is 1.94 bits per heavy atom. The molecule has 8 heteroatoms. The van der Waals surface area contributed by atoms with E-state index in [1.807, 2.05) is 6.07 Å². The molecule has 194 valence electrons. The average Bonchev–Trinajstić information content (AvgIpc) is 2.78. The van der Waals surface area contributed by atoms with Crippen LogP contribution in [0.15, 0.2) is 54.6 Å². The van der Waals surface area contributed by atoms with Crippen LogP contribution in [0.2, 0.25) is 0 Å². The molecule has 0 aliphatic carbocycles. The van der Waals surface area contributed by atoms with E-state index in [9.17, 15) is 19.2 Å². The van der Waals surface area contributed by atoms with Crippen LogP contribution in [0.1, 0.15) is 75.9 Å². The van der Waals surface area contributed by atoms with Crippen molar-refractivity contribution in [2.45, 2.75) is 71.6 Å². The van der Waals surface area contributed by atoms with Crippen molar-refractivity contribution in [1.82, 2.24) is 5.32 Å². The summed E-state index contributed by atoms with van der Waals surface area (Å²) in [6.45, 7) is 11.3. The van der Waals surface area contributed by atoms with Gasteiger partial charge in [0, 0.05) is 11.1 Å². The first-order chi connectivity index (χ1) is 16.7. The van der Waals surface area contributed by atoms with Crippen molar-refractivity contribution in [2.75, 3.05) is 6.61 Å². The van der Waals surface area contributed by atoms with Gasteiger partial charge in [-0.2, -0.15) is 0 Å². The molecular weight excluding hydrogens is 462 g/mol. The minimum atomic E-state index is -1.26. The van der Waals surface area contributed by atoms with Crippen LogP contribution in [0.25, 0.3) is 0 Å². The summed E-state index contributed by atoms with van der Waals surface area (Å²) < 4.78 is 15.9. The van der Waals surface area contributed by atoms with Gasteiger partial charge in [-0.3, -0.25) is 9.59 Å². The number of rotatable bonds is 8. The molecule has 2 rings (SSSR count). The van der Waals surface area contributed by atoms with E-state index in [4.69, 9.17) is 14.2 Å². The average molecular weight is 498 g/mol. The summed E-state index contributed by atoms with van der Waals surface area (Å²) in [7, 11) is 0.